The largest absolute Gasteiger partial charge is 0.477 e. The van der Waals surface area contributed by atoms with Crippen LogP contribution in [0.1, 0.15) is 41.0 Å². The zero-order valence-corrected chi connectivity index (χ0v) is 69.0. The minimum atomic E-state index is -3.63. The monoisotopic (exact) mass is 1880 g/mol. The van der Waals surface area contributed by atoms with Crippen LogP contribution in [0.4, 0.5) is 8.78 Å². The van der Waals surface area contributed by atoms with Gasteiger partial charge in [0.2, 0.25) is 5.91 Å². The molecule has 21 unspecified atom stereocenters. The molecular formula is C73H121F2NO52. The molecular weight excluding hydrogens is 1760 g/mol. The van der Waals surface area contributed by atoms with Crippen molar-refractivity contribution < 1.29 is 267 Å². The number of rotatable bonds is 35. The molecule has 0 aromatic heterocycles. The summed E-state index contributed by atoms with van der Waals surface area (Å²) in [5, 5.41) is 344. The fourth-order valence-corrected chi connectivity index (χ4v) is 17.2. The van der Waals surface area contributed by atoms with Crippen molar-refractivity contribution >= 4 is 17.8 Å². The molecule has 0 radical (unpaired) electrons. The minimum absolute atomic E-state index is 0.649. The molecule has 0 aromatic carbocycles. The zero-order chi connectivity index (χ0) is 95.0. The fourth-order valence-electron chi connectivity index (χ4n) is 17.2. The van der Waals surface area contributed by atoms with Crippen LogP contribution in [0.5, 0.6) is 0 Å². The molecule has 10 aliphatic rings. The first kappa shape index (κ1) is 106. The van der Waals surface area contributed by atoms with Gasteiger partial charge in [-0.2, -0.15) is 0 Å². The molecule has 55 heteroatoms. The lowest BCUT2D eigenvalue weighted by Crippen LogP contribution is -2.70. The van der Waals surface area contributed by atoms with Crippen LogP contribution in [-0.4, -0.2) is 542 Å². The Labute approximate surface area is 724 Å². The number of halogens is 2. The SMILES string of the molecule is CC(=O)NC1[C@H](OC2C(O)[C@H](O)[C@H](CO)O[C@@H]2O[C@@H]2C(O)[C@H](O[C@@H]3C(CO)OC(O)C(C)[C@H]3O)CC(CO[C@H]3OC(CO)[C@@H](O)[C@H](O)C3O[C@@H]3OC(CO)[C@@H](O[C@@H]4OC(CO[C@@]5(C(=O)O)OC([C@H](O)[C@H](O)CO)[C@H](C)[C@H](O)C5F)[C@H](O)[C@H](O)C4O)[C@H](O)C3C)[C@H]2O)OC(CO)[C@@H](O[C@@H]2OC(CO[C@@]3(C(=O)O)OC([C@H](O)[C@H](O)CO)[C@H](C)[C@H](O)C3F)[C@H](O)[C@H](O)C2O)[C@@H]1O. The van der Waals surface area contributed by atoms with Crippen LogP contribution in [0.2, 0.25) is 0 Å². The average Bonchev–Trinajstić information content (AvgIpc) is 0.741. The number of aliphatic hydroxyl groups excluding tert-OH is 29. The quantitative estimate of drug-likeness (QED) is 0.0280. The highest BCUT2D eigenvalue weighted by atomic mass is 19.1. The van der Waals surface area contributed by atoms with E-state index in [1.165, 1.54) is 13.8 Å². The van der Waals surface area contributed by atoms with Crippen molar-refractivity contribution in [3.8, 4) is 0 Å². The Balaban J connectivity index is 0.878. The highest BCUT2D eigenvalue weighted by Gasteiger charge is 2.67. The van der Waals surface area contributed by atoms with Gasteiger partial charge in [-0.25, -0.2) is 18.4 Å². The number of amides is 1. The predicted octanol–water partition coefficient (Wildman–Crippen LogP) is -18.6. The maximum Gasteiger partial charge on any atom is 0.367 e. The maximum absolute atomic E-state index is 16.1. The zero-order valence-electron chi connectivity index (χ0n) is 69.0. The Morgan fingerprint density at radius 2 is 0.734 bits per heavy atom. The Bertz CT molecular complexity index is 3470. The van der Waals surface area contributed by atoms with E-state index in [-0.39, 0.29) is 0 Å². The van der Waals surface area contributed by atoms with Gasteiger partial charge >= 0.3 is 23.5 Å². The molecule has 32 N–H and O–H groups in total. The number of aliphatic hydroxyl groups is 29. The van der Waals surface area contributed by atoms with E-state index >= 15 is 8.78 Å². The summed E-state index contributed by atoms with van der Waals surface area (Å²) in [5.74, 6) is -20.1. The number of carboxylic acids is 2. The summed E-state index contributed by atoms with van der Waals surface area (Å²) in [4.78, 5) is 38.7. The van der Waals surface area contributed by atoms with Crippen LogP contribution >= 0.6 is 0 Å². The van der Waals surface area contributed by atoms with Gasteiger partial charge in [-0.3, -0.25) is 4.79 Å². The van der Waals surface area contributed by atoms with E-state index in [9.17, 15) is 173 Å². The van der Waals surface area contributed by atoms with E-state index in [0.717, 1.165) is 20.8 Å². The number of aliphatic carboxylic acids is 2. The molecule has 0 aromatic rings. The van der Waals surface area contributed by atoms with Crippen LogP contribution in [0.15, 0.2) is 0 Å². The molecule has 1 aliphatic carbocycles. The molecule has 0 spiro atoms. The van der Waals surface area contributed by atoms with Crippen molar-refractivity contribution in [1.29, 1.82) is 0 Å². The summed E-state index contributed by atoms with van der Waals surface area (Å²) in [6.45, 7) is -5.95. The van der Waals surface area contributed by atoms with Crippen LogP contribution in [-0.2, 0) is 99.6 Å². The molecule has 10 fully saturated rings. The lowest BCUT2D eigenvalue weighted by Gasteiger charge is -2.51. The highest BCUT2D eigenvalue weighted by Crippen LogP contribution is 2.46. The van der Waals surface area contributed by atoms with Crippen molar-refractivity contribution in [3.63, 3.8) is 0 Å². The minimum Gasteiger partial charge on any atom is -0.477 e. The first-order valence-corrected chi connectivity index (χ1v) is 41.2. The van der Waals surface area contributed by atoms with Crippen molar-refractivity contribution in [2.75, 3.05) is 66.1 Å². The lowest BCUT2D eigenvalue weighted by atomic mass is 9.80. The highest BCUT2D eigenvalue weighted by molar-refractivity contribution is 5.77. The summed E-state index contributed by atoms with van der Waals surface area (Å²) in [6.07, 6.45) is -99.8. The van der Waals surface area contributed by atoms with Crippen LogP contribution in [0.3, 0.4) is 0 Å². The third-order valence-electron chi connectivity index (χ3n) is 25.3. The van der Waals surface area contributed by atoms with E-state index in [4.69, 9.17) is 85.3 Å². The summed E-state index contributed by atoms with van der Waals surface area (Å²) in [5.41, 5.74) is 0. The standard InChI is InChI=1S/C73H121F2NO52/c1-17-36(89)61(74)72(70(107)108,127-53(17)39(92)23(85)7-77)112-15-31-43(96)47(100)51(104)66(120-31)122-56-29(12-82)118-64(20(4)35(56)88)125-59-49(102)41(94)26(9-79)116-68(59)111-14-22-6-25(114-55-28(11-81)115-63(106)19(3)34(55)87)45(98)58(38(22)91)124-69-60(50(103)42(95)27(10-80)117-69)126-65-33(76-21(5)84)46(99)57(30(13-83)119-65)123-67-52(105)48(101)44(97)32(121-67)16-113-73(71(109)110)62(75)37(90)18(2)54(128-73)40(93)24(86)8-78/h17-20,22-69,77-83,85-106H,6-16H2,1-5H3,(H,76,84)(H,107,108)(H,109,110)/t17-,18-,19?,20?,22?,23-,24-,25-,26?,27+,28?,29?,30?,31?,32?,33?,34-,35-,36+,37+,38-,39-,40-,41-,42-,43+,44+,45?,46-,47+,48+,49+,50?,51?,52?,53?,54?,55-,56-,57-,58+,59?,60?,61?,62?,63?,64+,65+,66+,67+,68+,69-,72-,73-/m1/s1. The Morgan fingerprint density at radius 3 is 1.17 bits per heavy atom. The second kappa shape index (κ2) is 44.7. The number of carbonyl (C=O) groups excluding carboxylic acids is 1. The van der Waals surface area contributed by atoms with Gasteiger partial charge in [0.25, 0.3) is 0 Å². The van der Waals surface area contributed by atoms with Gasteiger partial charge in [-0.1, -0.05) is 27.7 Å². The molecule has 0 bridgehead atoms. The van der Waals surface area contributed by atoms with Gasteiger partial charge in [0.05, 0.1) is 115 Å². The smallest absolute Gasteiger partial charge is 0.367 e. The summed E-state index contributed by atoms with van der Waals surface area (Å²) in [6, 6.07) is -2.07. The summed E-state index contributed by atoms with van der Waals surface area (Å²) in [7, 11) is 0. The topological polar surface area (TPSA) is 857 Å². The molecule has 1 saturated carbocycles. The Hall–Kier alpha value is -3.61. The molecule has 9 aliphatic heterocycles. The second-order valence-electron chi connectivity index (χ2n) is 33.7. The molecule has 9 saturated heterocycles. The lowest BCUT2D eigenvalue weighted by molar-refractivity contribution is -0.387. The first-order chi connectivity index (χ1) is 60.2. The number of alkyl halides is 2. The fraction of sp³-hybridized carbons (Fsp3) is 0.959. The van der Waals surface area contributed by atoms with Gasteiger partial charge in [0.1, 0.15) is 183 Å². The molecule has 744 valence electrons. The Kier molecular flexibility index (Phi) is 37.2. The molecule has 53 nitrogen and oxygen atoms in total. The van der Waals surface area contributed by atoms with E-state index in [2.05, 4.69) is 5.32 Å². The van der Waals surface area contributed by atoms with Gasteiger partial charge < -0.3 is 249 Å². The number of hydrogen-bond acceptors (Lipinski definition) is 50. The second-order valence-corrected chi connectivity index (χ2v) is 33.7. The predicted molar refractivity (Wildman–Crippen MR) is 392 cm³/mol. The molecule has 10 rings (SSSR count). The van der Waals surface area contributed by atoms with Gasteiger partial charge in [0, 0.05) is 36.5 Å². The van der Waals surface area contributed by atoms with Gasteiger partial charge in [-0.15, -0.1) is 0 Å². The average molecular weight is 1880 g/mol. The number of carbonyl (C=O) groups is 3. The first-order valence-electron chi connectivity index (χ1n) is 41.2. The van der Waals surface area contributed by atoms with Crippen molar-refractivity contribution in [2.45, 2.75) is 341 Å². The van der Waals surface area contributed by atoms with Gasteiger partial charge in [0.15, 0.2) is 56.4 Å². The normalized spacial score (nSPS) is 50.2. The van der Waals surface area contributed by atoms with E-state index < -0.39 is 420 Å². The molecule has 9 heterocycles. The number of nitrogens with one attached hydrogen (secondary N) is 1. The van der Waals surface area contributed by atoms with Crippen molar-refractivity contribution in [2.24, 2.45) is 29.6 Å². The maximum atomic E-state index is 16.1. The number of carboxylic acid groups (broad SMARTS) is 2. The van der Waals surface area contributed by atoms with E-state index in [1.807, 2.05) is 0 Å². The summed E-state index contributed by atoms with van der Waals surface area (Å²) < 4.78 is 137. The van der Waals surface area contributed by atoms with E-state index in [1.54, 1.807) is 0 Å². The molecule has 54 atom stereocenters. The molecule has 128 heavy (non-hydrogen) atoms. The van der Waals surface area contributed by atoms with Gasteiger partial charge in [-0.05, 0) is 6.42 Å². The van der Waals surface area contributed by atoms with Crippen molar-refractivity contribution in [1.82, 2.24) is 5.32 Å². The third kappa shape index (κ3) is 21.5. The summed E-state index contributed by atoms with van der Waals surface area (Å²) >= 11 is 0. The van der Waals surface area contributed by atoms with Crippen molar-refractivity contribution in [3.05, 3.63) is 0 Å². The molecule has 1 amide bonds. The Morgan fingerprint density at radius 1 is 0.367 bits per heavy atom. The van der Waals surface area contributed by atoms with E-state index in [0.29, 0.717) is 0 Å². The number of hydrogen-bond donors (Lipinski definition) is 32. The van der Waals surface area contributed by atoms with Crippen LogP contribution in [0.25, 0.3) is 0 Å². The number of ether oxygens (including phenoxy) is 18. The van der Waals surface area contributed by atoms with Crippen LogP contribution < -0.4 is 5.32 Å². The third-order valence-corrected chi connectivity index (χ3v) is 25.3. The van der Waals surface area contributed by atoms with Crippen LogP contribution in [0, 0.1) is 29.6 Å².